The lowest BCUT2D eigenvalue weighted by molar-refractivity contribution is -0.150. The van der Waals surface area contributed by atoms with Crippen LogP contribution in [0, 0.1) is 0 Å². The second-order valence-corrected chi connectivity index (χ2v) is 6.97. The summed E-state index contributed by atoms with van der Waals surface area (Å²) in [7, 11) is 0. The Morgan fingerprint density at radius 2 is 2.09 bits per heavy atom. The lowest BCUT2D eigenvalue weighted by Crippen LogP contribution is -2.29. The number of carboxylic acid groups (broad SMARTS) is 1. The Balaban J connectivity index is 1.71. The molecule has 0 saturated carbocycles. The lowest BCUT2D eigenvalue weighted by atomic mass is 10.2. The van der Waals surface area contributed by atoms with Gasteiger partial charge in [0.05, 0.1) is 15.2 Å². The molecule has 0 bridgehead atoms. The highest BCUT2D eigenvalue weighted by molar-refractivity contribution is 7.18. The van der Waals surface area contributed by atoms with Gasteiger partial charge in [0, 0.05) is 11.6 Å². The molecule has 23 heavy (non-hydrogen) atoms. The Bertz CT molecular complexity index is 756. The molecule has 2 N–H and O–H groups in total. The summed E-state index contributed by atoms with van der Waals surface area (Å²) in [6, 6.07) is 5.57. The molecule has 0 radical (unpaired) electrons. The van der Waals surface area contributed by atoms with Gasteiger partial charge in [0.25, 0.3) is 5.91 Å². The first-order chi connectivity index (χ1) is 10.9. The molecule has 1 aromatic heterocycles. The van der Waals surface area contributed by atoms with Crippen molar-refractivity contribution in [3.05, 3.63) is 23.2 Å². The standard InChI is InChI=1S/C16H18N2O4S/c1-8(2)15-18-10-4-3-9(7-13(10)23-15)17-14(19)11-5-6-12(22-11)16(20)21/h3-4,7-8,11-12H,5-6H2,1-2H3,(H,17,19)(H,20,21)/t11-,12+/m0/s1. The summed E-state index contributed by atoms with van der Waals surface area (Å²) in [5.41, 5.74) is 1.59. The van der Waals surface area contributed by atoms with Gasteiger partial charge in [-0.25, -0.2) is 9.78 Å². The Labute approximate surface area is 137 Å². The Morgan fingerprint density at radius 3 is 2.74 bits per heavy atom. The van der Waals surface area contributed by atoms with E-state index in [9.17, 15) is 9.59 Å². The van der Waals surface area contributed by atoms with Crippen LogP contribution in [0.1, 0.15) is 37.6 Å². The summed E-state index contributed by atoms with van der Waals surface area (Å²) in [5, 5.41) is 12.8. The third-order valence-electron chi connectivity index (χ3n) is 3.75. The second kappa shape index (κ2) is 6.25. The van der Waals surface area contributed by atoms with E-state index in [0.717, 1.165) is 15.2 Å². The molecule has 3 rings (SSSR count). The monoisotopic (exact) mass is 334 g/mol. The highest BCUT2D eigenvalue weighted by atomic mass is 32.1. The number of amides is 1. The highest BCUT2D eigenvalue weighted by Gasteiger charge is 2.34. The summed E-state index contributed by atoms with van der Waals surface area (Å²) in [5.74, 6) is -0.959. The molecule has 7 heteroatoms. The highest BCUT2D eigenvalue weighted by Crippen LogP contribution is 2.29. The number of nitrogens with one attached hydrogen (secondary N) is 1. The molecular weight excluding hydrogens is 316 g/mol. The van der Waals surface area contributed by atoms with Crippen molar-refractivity contribution < 1.29 is 19.4 Å². The van der Waals surface area contributed by atoms with Crippen LogP contribution in [0.3, 0.4) is 0 Å². The molecule has 6 nitrogen and oxygen atoms in total. The number of carboxylic acids is 1. The van der Waals surface area contributed by atoms with Crippen LogP contribution in [0.5, 0.6) is 0 Å². The number of aromatic nitrogens is 1. The molecule has 0 aliphatic carbocycles. The lowest BCUT2D eigenvalue weighted by Gasteiger charge is -2.11. The van der Waals surface area contributed by atoms with Gasteiger partial charge in [0.1, 0.15) is 6.10 Å². The minimum atomic E-state index is -1.02. The van der Waals surface area contributed by atoms with E-state index >= 15 is 0 Å². The topological polar surface area (TPSA) is 88.5 Å². The van der Waals surface area contributed by atoms with Gasteiger partial charge < -0.3 is 15.2 Å². The first-order valence-corrected chi connectivity index (χ1v) is 8.35. The maximum atomic E-state index is 12.2. The van der Waals surface area contributed by atoms with Gasteiger partial charge in [-0.05, 0) is 31.0 Å². The summed E-state index contributed by atoms with van der Waals surface area (Å²) in [4.78, 5) is 27.6. The largest absolute Gasteiger partial charge is 0.479 e. The predicted molar refractivity (Wildman–Crippen MR) is 87.9 cm³/mol. The van der Waals surface area contributed by atoms with Crippen LogP contribution >= 0.6 is 11.3 Å². The van der Waals surface area contributed by atoms with Crippen molar-refractivity contribution >= 4 is 39.1 Å². The molecule has 1 aliphatic rings. The number of benzene rings is 1. The minimum Gasteiger partial charge on any atom is -0.479 e. The number of hydrogen-bond acceptors (Lipinski definition) is 5. The van der Waals surface area contributed by atoms with Crippen molar-refractivity contribution in [1.82, 2.24) is 4.98 Å². The number of carbonyl (C=O) groups is 2. The Morgan fingerprint density at radius 1 is 1.35 bits per heavy atom. The zero-order valence-electron chi connectivity index (χ0n) is 12.9. The molecule has 1 saturated heterocycles. The fraction of sp³-hybridized carbons (Fsp3) is 0.438. The minimum absolute atomic E-state index is 0.304. The molecular formula is C16H18N2O4S. The predicted octanol–water partition coefficient (Wildman–Crippen LogP) is 2.99. The van der Waals surface area contributed by atoms with E-state index in [1.54, 1.807) is 17.4 Å². The van der Waals surface area contributed by atoms with Crippen LogP contribution in [-0.4, -0.2) is 34.2 Å². The number of anilines is 1. The fourth-order valence-corrected chi connectivity index (χ4v) is 3.51. The van der Waals surface area contributed by atoms with Crippen molar-refractivity contribution in [3.63, 3.8) is 0 Å². The molecule has 0 spiro atoms. The number of carbonyl (C=O) groups excluding carboxylic acids is 1. The zero-order valence-corrected chi connectivity index (χ0v) is 13.7. The van der Waals surface area contributed by atoms with Crippen molar-refractivity contribution in [2.24, 2.45) is 0 Å². The smallest absolute Gasteiger partial charge is 0.332 e. The first-order valence-electron chi connectivity index (χ1n) is 7.53. The normalized spacial score (nSPS) is 21.0. The van der Waals surface area contributed by atoms with Gasteiger partial charge in [-0.2, -0.15) is 0 Å². The quantitative estimate of drug-likeness (QED) is 0.897. The van der Waals surface area contributed by atoms with Crippen LogP contribution in [0.2, 0.25) is 0 Å². The molecule has 2 atom stereocenters. The summed E-state index contributed by atoms with van der Waals surface area (Å²) < 4.78 is 6.27. The molecule has 122 valence electrons. The number of fused-ring (bicyclic) bond motifs is 1. The molecule has 1 aromatic carbocycles. The van der Waals surface area contributed by atoms with E-state index in [4.69, 9.17) is 9.84 Å². The van der Waals surface area contributed by atoms with E-state index in [1.165, 1.54) is 0 Å². The second-order valence-electron chi connectivity index (χ2n) is 5.91. The number of aliphatic carboxylic acids is 1. The van der Waals surface area contributed by atoms with Crippen molar-refractivity contribution in [2.45, 2.75) is 44.8 Å². The van der Waals surface area contributed by atoms with E-state index in [1.807, 2.05) is 12.1 Å². The van der Waals surface area contributed by atoms with Crippen molar-refractivity contribution in [2.75, 3.05) is 5.32 Å². The third kappa shape index (κ3) is 3.35. The van der Waals surface area contributed by atoms with Crippen LogP contribution in [0.15, 0.2) is 18.2 Å². The summed E-state index contributed by atoms with van der Waals surface area (Å²) >= 11 is 1.61. The van der Waals surface area contributed by atoms with Crippen molar-refractivity contribution in [3.8, 4) is 0 Å². The number of nitrogens with zero attached hydrogens (tertiary/aromatic N) is 1. The summed E-state index contributed by atoms with van der Waals surface area (Å²) in [6.45, 7) is 4.19. The number of rotatable bonds is 4. The molecule has 1 amide bonds. The number of thiazole rings is 1. The van der Waals surface area contributed by atoms with E-state index in [2.05, 4.69) is 24.1 Å². The fourth-order valence-electron chi connectivity index (χ4n) is 2.50. The van der Waals surface area contributed by atoms with Crippen molar-refractivity contribution in [1.29, 1.82) is 0 Å². The van der Waals surface area contributed by atoms with E-state index in [-0.39, 0.29) is 5.91 Å². The van der Waals surface area contributed by atoms with Crippen LogP contribution in [0.25, 0.3) is 10.2 Å². The van der Waals surface area contributed by atoms with Gasteiger partial charge in [0.2, 0.25) is 0 Å². The zero-order chi connectivity index (χ0) is 16.6. The van der Waals surface area contributed by atoms with Gasteiger partial charge in [0.15, 0.2) is 6.10 Å². The SMILES string of the molecule is CC(C)c1nc2ccc(NC(=O)[C@@H]3CC[C@H](C(=O)O)O3)cc2s1. The van der Waals surface area contributed by atoms with Gasteiger partial charge in [-0.15, -0.1) is 11.3 Å². The van der Waals surface area contributed by atoms with Crippen LogP contribution < -0.4 is 5.32 Å². The Hall–Kier alpha value is -1.99. The van der Waals surface area contributed by atoms with Gasteiger partial charge in [-0.1, -0.05) is 13.8 Å². The summed E-state index contributed by atoms with van der Waals surface area (Å²) in [6.07, 6.45) is -0.815. The average molecular weight is 334 g/mol. The average Bonchev–Trinajstić information content (AvgIpc) is 3.13. The Kier molecular flexibility index (Phi) is 4.32. The molecule has 2 heterocycles. The van der Waals surface area contributed by atoms with Gasteiger partial charge in [-0.3, -0.25) is 4.79 Å². The van der Waals surface area contributed by atoms with Crippen LogP contribution in [0.4, 0.5) is 5.69 Å². The van der Waals surface area contributed by atoms with E-state index in [0.29, 0.717) is 24.4 Å². The number of hydrogen-bond donors (Lipinski definition) is 2. The maximum absolute atomic E-state index is 12.2. The molecule has 2 aromatic rings. The van der Waals surface area contributed by atoms with Crippen LogP contribution in [-0.2, 0) is 14.3 Å². The number of ether oxygens (including phenoxy) is 1. The maximum Gasteiger partial charge on any atom is 0.332 e. The molecule has 1 fully saturated rings. The third-order valence-corrected chi connectivity index (χ3v) is 5.07. The van der Waals surface area contributed by atoms with E-state index < -0.39 is 18.2 Å². The molecule has 1 aliphatic heterocycles. The first kappa shape index (κ1) is 15.9. The van der Waals surface area contributed by atoms with Gasteiger partial charge >= 0.3 is 5.97 Å². The molecule has 0 unspecified atom stereocenters.